The van der Waals surface area contributed by atoms with Gasteiger partial charge in [-0.25, -0.2) is 0 Å². The Morgan fingerprint density at radius 1 is 1.00 bits per heavy atom. The van der Waals surface area contributed by atoms with E-state index < -0.39 is 0 Å². The van der Waals surface area contributed by atoms with Crippen molar-refractivity contribution in [2.75, 3.05) is 7.11 Å². The molecule has 0 saturated heterocycles. The lowest BCUT2D eigenvalue weighted by Gasteiger charge is -2.17. The molecule has 2 aromatic rings. The third kappa shape index (κ3) is 3.89. The maximum atomic E-state index is 5.53. The number of rotatable bonds is 4. The number of ether oxygens (including phenoxy) is 1. The number of aryl methyl sites for hydroxylation is 3. The van der Waals surface area contributed by atoms with Gasteiger partial charge < -0.3 is 4.74 Å². The first-order valence-electron chi connectivity index (χ1n) is 6.96. The second kappa shape index (κ2) is 6.97. The average molecular weight is 412 g/mol. The van der Waals surface area contributed by atoms with Crippen molar-refractivity contribution in [2.45, 2.75) is 32.0 Å². The highest BCUT2D eigenvalue weighted by atomic mass is 79.9. The highest BCUT2D eigenvalue weighted by molar-refractivity contribution is 9.10. The molecule has 1 unspecified atom stereocenters. The van der Waals surface area contributed by atoms with E-state index in [1.807, 2.05) is 0 Å². The van der Waals surface area contributed by atoms with Crippen molar-refractivity contribution in [3.05, 3.63) is 62.6 Å². The smallest absolute Gasteiger partial charge is 0.123 e. The van der Waals surface area contributed by atoms with E-state index in [1.54, 1.807) is 7.11 Å². The Balaban J connectivity index is 2.29. The highest BCUT2D eigenvalue weighted by Gasteiger charge is 2.16. The quantitative estimate of drug-likeness (QED) is 0.555. The molecule has 3 heteroatoms. The zero-order chi connectivity index (χ0) is 15.6. The van der Waals surface area contributed by atoms with E-state index in [9.17, 15) is 0 Å². The molecular formula is C18H20Br2O. The Morgan fingerprint density at radius 3 is 2.33 bits per heavy atom. The van der Waals surface area contributed by atoms with Crippen LogP contribution in [0, 0.1) is 20.8 Å². The summed E-state index contributed by atoms with van der Waals surface area (Å²) in [6.07, 6.45) is 0.937. The molecular weight excluding hydrogens is 392 g/mol. The molecule has 0 N–H and O–H groups in total. The van der Waals surface area contributed by atoms with Gasteiger partial charge in [0.15, 0.2) is 0 Å². The Hall–Kier alpha value is -0.800. The van der Waals surface area contributed by atoms with E-state index in [0.29, 0.717) is 0 Å². The Kier molecular flexibility index (Phi) is 5.50. The first-order chi connectivity index (χ1) is 9.92. The molecule has 112 valence electrons. The monoisotopic (exact) mass is 410 g/mol. The zero-order valence-electron chi connectivity index (χ0n) is 12.8. The van der Waals surface area contributed by atoms with Gasteiger partial charge in [-0.15, -0.1) is 0 Å². The largest absolute Gasteiger partial charge is 0.496 e. The van der Waals surface area contributed by atoms with Crippen molar-refractivity contribution in [1.82, 2.24) is 0 Å². The summed E-state index contributed by atoms with van der Waals surface area (Å²) in [5.41, 5.74) is 6.36. The molecule has 0 aliphatic heterocycles. The summed E-state index contributed by atoms with van der Waals surface area (Å²) in [6.45, 7) is 6.37. The van der Waals surface area contributed by atoms with Gasteiger partial charge in [-0.05, 0) is 61.6 Å². The van der Waals surface area contributed by atoms with E-state index in [0.717, 1.165) is 16.6 Å². The predicted molar refractivity (Wildman–Crippen MR) is 96.7 cm³/mol. The van der Waals surface area contributed by atoms with E-state index in [4.69, 9.17) is 4.74 Å². The standard InChI is InChI=1S/C18H20Br2O/c1-11-5-6-14(7-12(11)2)9-17(20)15-10-16(19)13(3)8-18(15)21-4/h5-8,10,17H,9H2,1-4H3. The highest BCUT2D eigenvalue weighted by Crippen LogP contribution is 2.37. The summed E-state index contributed by atoms with van der Waals surface area (Å²) in [4.78, 5) is 0.228. The van der Waals surface area contributed by atoms with Crippen LogP contribution in [-0.2, 0) is 6.42 Å². The van der Waals surface area contributed by atoms with E-state index in [-0.39, 0.29) is 4.83 Å². The van der Waals surface area contributed by atoms with Crippen LogP contribution in [0.1, 0.15) is 32.6 Å². The van der Waals surface area contributed by atoms with Crippen LogP contribution in [0.2, 0.25) is 0 Å². The van der Waals surface area contributed by atoms with Gasteiger partial charge >= 0.3 is 0 Å². The molecule has 21 heavy (non-hydrogen) atoms. The molecule has 2 rings (SSSR count). The fraction of sp³-hybridized carbons (Fsp3) is 0.333. The minimum absolute atomic E-state index is 0.228. The Labute approximate surface area is 144 Å². The minimum Gasteiger partial charge on any atom is -0.496 e. The normalized spacial score (nSPS) is 12.3. The number of alkyl halides is 1. The van der Waals surface area contributed by atoms with Gasteiger partial charge in [0.1, 0.15) is 5.75 Å². The first-order valence-corrected chi connectivity index (χ1v) is 8.67. The molecule has 0 amide bonds. The summed E-state index contributed by atoms with van der Waals surface area (Å²) < 4.78 is 6.65. The number of methoxy groups -OCH3 is 1. The lowest BCUT2D eigenvalue weighted by molar-refractivity contribution is 0.409. The van der Waals surface area contributed by atoms with E-state index in [2.05, 4.69) is 83.0 Å². The molecule has 0 heterocycles. The molecule has 0 saturated carbocycles. The SMILES string of the molecule is COc1cc(C)c(Br)cc1C(Br)Cc1ccc(C)c(C)c1. The molecule has 0 radical (unpaired) electrons. The van der Waals surface area contributed by atoms with Crippen molar-refractivity contribution in [3.63, 3.8) is 0 Å². The van der Waals surface area contributed by atoms with Gasteiger partial charge in [0, 0.05) is 14.9 Å². The molecule has 1 atom stereocenters. The van der Waals surface area contributed by atoms with Gasteiger partial charge in [-0.2, -0.15) is 0 Å². The molecule has 0 spiro atoms. The van der Waals surface area contributed by atoms with Crippen LogP contribution in [0.25, 0.3) is 0 Å². The molecule has 2 aromatic carbocycles. The van der Waals surface area contributed by atoms with Gasteiger partial charge in [0.05, 0.1) is 7.11 Å². The molecule has 0 bridgehead atoms. The van der Waals surface area contributed by atoms with Crippen molar-refractivity contribution >= 4 is 31.9 Å². The topological polar surface area (TPSA) is 9.23 Å². The first kappa shape index (κ1) is 16.6. The number of hydrogen-bond acceptors (Lipinski definition) is 1. The minimum atomic E-state index is 0.228. The van der Waals surface area contributed by atoms with Crippen molar-refractivity contribution in [3.8, 4) is 5.75 Å². The summed E-state index contributed by atoms with van der Waals surface area (Å²) in [7, 11) is 1.72. The molecule has 0 aromatic heterocycles. The fourth-order valence-corrected chi connectivity index (χ4v) is 3.43. The summed E-state index contributed by atoms with van der Waals surface area (Å²) in [6, 6.07) is 10.9. The maximum Gasteiger partial charge on any atom is 0.123 e. The molecule has 0 fully saturated rings. The third-order valence-corrected chi connectivity index (χ3v) is 5.51. The lowest BCUT2D eigenvalue weighted by atomic mass is 9.99. The fourth-order valence-electron chi connectivity index (χ4n) is 2.34. The van der Waals surface area contributed by atoms with Gasteiger partial charge in [-0.3, -0.25) is 0 Å². The average Bonchev–Trinajstić information content (AvgIpc) is 2.45. The van der Waals surface area contributed by atoms with Crippen molar-refractivity contribution in [2.24, 2.45) is 0 Å². The van der Waals surface area contributed by atoms with Crippen LogP contribution in [0.4, 0.5) is 0 Å². The van der Waals surface area contributed by atoms with Gasteiger partial charge in [-0.1, -0.05) is 50.1 Å². The maximum absolute atomic E-state index is 5.53. The zero-order valence-corrected chi connectivity index (χ0v) is 16.0. The van der Waals surface area contributed by atoms with Gasteiger partial charge in [0.25, 0.3) is 0 Å². The van der Waals surface area contributed by atoms with E-state index in [1.165, 1.54) is 27.8 Å². The molecule has 0 aliphatic rings. The lowest BCUT2D eigenvalue weighted by Crippen LogP contribution is -2.00. The predicted octanol–water partition coefficient (Wildman–Crippen LogP) is 6.06. The van der Waals surface area contributed by atoms with Crippen molar-refractivity contribution in [1.29, 1.82) is 0 Å². The van der Waals surface area contributed by atoms with Crippen LogP contribution < -0.4 is 4.74 Å². The molecule has 1 nitrogen and oxygen atoms in total. The van der Waals surface area contributed by atoms with Crippen LogP contribution >= 0.6 is 31.9 Å². The van der Waals surface area contributed by atoms with Crippen molar-refractivity contribution < 1.29 is 4.74 Å². The number of halogens is 2. The van der Waals surface area contributed by atoms with Crippen LogP contribution in [-0.4, -0.2) is 7.11 Å². The van der Waals surface area contributed by atoms with Gasteiger partial charge in [0.2, 0.25) is 0 Å². The Morgan fingerprint density at radius 2 is 1.71 bits per heavy atom. The summed E-state index contributed by atoms with van der Waals surface area (Å²) in [5, 5.41) is 0. The van der Waals surface area contributed by atoms with Crippen LogP contribution in [0.5, 0.6) is 5.75 Å². The number of benzene rings is 2. The van der Waals surface area contributed by atoms with E-state index >= 15 is 0 Å². The number of hydrogen-bond donors (Lipinski definition) is 0. The summed E-state index contributed by atoms with van der Waals surface area (Å²) >= 11 is 7.42. The second-order valence-corrected chi connectivity index (χ2v) is 7.39. The van der Waals surface area contributed by atoms with Crippen LogP contribution in [0.15, 0.2) is 34.8 Å². The molecule has 0 aliphatic carbocycles. The Bertz CT molecular complexity index is 650. The second-order valence-electron chi connectivity index (χ2n) is 5.43. The third-order valence-electron chi connectivity index (χ3n) is 3.83. The summed E-state index contributed by atoms with van der Waals surface area (Å²) in [5.74, 6) is 0.932. The van der Waals surface area contributed by atoms with Crippen LogP contribution in [0.3, 0.4) is 0 Å².